The molecule has 0 aliphatic carbocycles. The Bertz CT molecular complexity index is 638. The van der Waals surface area contributed by atoms with E-state index >= 15 is 0 Å². The molecule has 0 spiro atoms. The Morgan fingerprint density at radius 1 is 1.36 bits per heavy atom. The van der Waals surface area contributed by atoms with E-state index in [4.69, 9.17) is 9.84 Å². The fourth-order valence-corrected chi connectivity index (χ4v) is 1.79. The molecule has 1 aromatic carbocycles. The quantitative estimate of drug-likeness (QED) is 0.656. The van der Waals surface area contributed by atoms with Gasteiger partial charge in [-0.2, -0.15) is 0 Å². The second-order valence-electron chi connectivity index (χ2n) is 5.31. The number of likely N-dealkylation sites (N-methyl/N-ethyl adjacent to an activating group) is 1. The zero-order valence-electron chi connectivity index (χ0n) is 13.0. The van der Waals surface area contributed by atoms with Crippen molar-refractivity contribution in [3.8, 4) is 5.75 Å². The number of amides is 1. The van der Waals surface area contributed by atoms with Crippen LogP contribution in [-0.4, -0.2) is 46.5 Å². The first-order valence-corrected chi connectivity index (χ1v) is 6.38. The van der Waals surface area contributed by atoms with E-state index in [9.17, 15) is 19.7 Å². The van der Waals surface area contributed by atoms with Gasteiger partial charge in [0.2, 0.25) is 0 Å². The molecule has 0 heterocycles. The monoisotopic (exact) mass is 310 g/mol. The molecule has 1 amide bonds. The Hall–Kier alpha value is -2.64. The number of ether oxygens (including phenoxy) is 1. The van der Waals surface area contributed by atoms with Gasteiger partial charge in [0.15, 0.2) is 0 Å². The first-order valence-electron chi connectivity index (χ1n) is 6.38. The van der Waals surface area contributed by atoms with Gasteiger partial charge >= 0.3 is 5.97 Å². The van der Waals surface area contributed by atoms with Gasteiger partial charge in [0, 0.05) is 13.1 Å². The van der Waals surface area contributed by atoms with Gasteiger partial charge in [-0.15, -0.1) is 0 Å². The minimum absolute atomic E-state index is 0.00836. The van der Waals surface area contributed by atoms with Gasteiger partial charge in [-0.05, 0) is 26.8 Å². The number of rotatable bonds is 5. The smallest absolute Gasteiger partial charge is 0.329 e. The van der Waals surface area contributed by atoms with E-state index in [-0.39, 0.29) is 17.0 Å². The minimum atomic E-state index is -1.45. The molecule has 120 valence electrons. The fraction of sp³-hybridized carbons (Fsp3) is 0.429. The molecule has 0 aliphatic heterocycles. The molecule has 0 bridgehead atoms. The van der Waals surface area contributed by atoms with Crippen LogP contribution in [0.3, 0.4) is 0 Å². The van der Waals surface area contributed by atoms with E-state index in [1.165, 1.54) is 41.0 Å². The van der Waals surface area contributed by atoms with Crippen LogP contribution < -0.4 is 4.74 Å². The Morgan fingerprint density at radius 2 is 1.91 bits per heavy atom. The van der Waals surface area contributed by atoms with Crippen LogP contribution in [-0.2, 0) is 4.79 Å². The summed E-state index contributed by atoms with van der Waals surface area (Å²) in [6.07, 6.45) is 0. The van der Waals surface area contributed by atoms with Gasteiger partial charge in [0.05, 0.1) is 23.2 Å². The van der Waals surface area contributed by atoms with Crippen molar-refractivity contribution in [1.82, 2.24) is 4.90 Å². The first-order chi connectivity index (χ1) is 10.0. The van der Waals surface area contributed by atoms with Crippen LogP contribution in [0.4, 0.5) is 5.69 Å². The summed E-state index contributed by atoms with van der Waals surface area (Å²) >= 11 is 0. The summed E-state index contributed by atoms with van der Waals surface area (Å²) in [5, 5.41) is 20.2. The topological polar surface area (TPSA) is 110 Å². The van der Waals surface area contributed by atoms with E-state index in [1.807, 2.05) is 0 Å². The van der Waals surface area contributed by atoms with Crippen LogP contribution in [0.5, 0.6) is 5.75 Å². The highest BCUT2D eigenvalue weighted by Gasteiger charge is 2.36. The number of hydrogen-bond donors (Lipinski definition) is 1. The van der Waals surface area contributed by atoms with Gasteiger partial charge < -0.3 is 14.7 Å². The molecule has 0 aromatic heterocycles. The average molecular weight is 310 g/mol. The third-order valence-electron chi connectivity index (χ3n) is 3.66. The molecule has 8 nitrogen and oxygen atoms in total. The third kappa shape index (κ3) is 3.00. The zero-order valence-corrected chi connectivity index (χ0v) is 13.0. The summed E-state index contributed by atoms with van der Waals surface area (Å²) < 4.78 is 5.05. The molecule has 0 saturated heterocycles. The van der Waals surface area contributed by atoms with Crippen LogP contribution >= 0.6 is 0 Å². The van der Waals surface area contributed by atoms with Crippen molar-refractivity contribution in [3.05, 3.63) is 33.4 Å². The van der Waals surface area contributed by atoms with E-state index in [2.05, 4.69) is 0 Å². The second-order valence-corrected chi connectivity index (χ2v) is 5.31. The number of nitrogens with zero attached hydrogens (tertiary/aromatic N) is 2. The number of carbonyl (C=O) groups excluding carboxylic acids is 1. The van der Waals surface area contributed by atoms with Gasteiger partial charge in [-0.25, -0.2) is 4.79 Å². The van der Waals surface area contributed by atoms with Gasteiger partial charge in [-0.1, -0.05) is 0 Å². The summed E-state index contributed by atoms with van der Waals surface area (Å²) in [7, 11) is 2.67. The van der Waals surface area contributed by atoms with Crippen LogP contribution in [0.1, 0.15) is 29.8 Å². The molecule has 8 heteroatoms. The lowest BCUT2D eigenvalue weighted by molar-refractivity contribution is -0.385. The molecule has 1 aromatic rings. The van der Waals surface area contributed by atoms with Crippen molar-refractivity contribution in [2.75, 3.05) is 14.2 Å². The molecule has 1 N–H and O–H groups in total. The number of benzene rings is 1. The van der Waals surface area contributed by atoms with Crippen molar-refractivity contribution < 1.29 is 24.4 Å². The highest BCUT2D eigenvalue weighted by molar-refractivity contribution is 5.98. The Balaban J connectivity index is 3.38. The van der Waals surface area contributed by atoms with E-state index in [1.54, 1.807) is 0 Å². The van der Waals surface area contributed by atoms with E-state index in [0.29, 0.717) is 5.56 Å². The predicted molar refractivity (Wildman–Crippen MR) is 78.2 cm³/mol. The molecular formula is C14H18N2O6. The number of aliphatic carboxylic acids is 1. The molecule has 1 rings (SSSR count). The Labute approximate surface area is 127 Å². The lowest BCUT2D eigenvalue weighted by atomic mass is 10.0. The molecular weight excluding hydrogens is 292 g/mol. The van der Waals surface area contributed by atoms with Gasteiger partial charge in [0.25, 0.3) is 11.6 Å². The van der Waals surface area contributed by atoms with Crippen molar-refractivity contribution in [2.45, 2.75) is 26.3 Å². The third-order valence-corrected chi connectivity index (χ3v) is 3.66. The highest BCUT2D eigenvalue weighted by atomic mass is 16.6. The predicted octanol–water partition coefficient (Wildman–Crippen LogP) is 1.85. The normalized spacial score (nSPS) is 11.0. The number of carbonyl (C=O) groups is 2. The number of carboxylic acids is 1. The number of hydrogen-bond acceptors (Lipinski definition) is 5. The van der Waals surface area contributed by atoms with Crippen LogP contribution in [0.25, 0.3) is 0 Å². The molecule has 0 atom stereocenters. The number of carboxylic acid groups (broad SMARTS) is 1. The standard InChI is InChI=1S/C14H18N2O6/c1-8-10(16(20)21)6-9(7-11(8)22-5)12(17)15(4)14(2,3)13(18)19/h6-7H,1-5H3,(H,18,19). The van der Waals surface area contributed by atoms with Crippen LogP contribution in [0.15, 0.2) is 12.1 Å². The summed E-state index contributed by atoms with van der Waals surface area (Å²) in [4.78, 5) is 35.1. The summed E-state index contributed by atoms with van der Waals surface area (Å²) in [6.45, 7) is 4.25. The van der Waals surface area contributed by atoms with Crippen molar-refractivity contribution >= 4 is 17.6 Å². The highest BCUT2D eigenvalue weighted by Crippen LogP contribution is 2.30. The van der Waals surface area contributed by atoms with Crippen LogP contribution in [0, 0.1) is 17.0 Å². The lowest BCUT2D eigenvalue weighted by Crippen LogP contribution is -2.50. The van der Waals surface area contributed by atoms with Crippen molar-refractivity contribution in [1.29, 1.82) is 0 Å². The van der Waals surface area contributed by atoms with E-state index in [0.717, 1.165) is 11.0 Å². The average Bonchev–Trinajstić information content (AvgIpc) is 2.45. The number of nitro groups is 1. The number of nitro benzene ring substituents is 1. The molecule has 0 unspecified atom stereocenters. The van der Waals surface area contributed by atoms with E-state index < -0.39 is 22.3 Å². The van der Waals surface area contributed by atoms with Gasteiger partial charge in [-0.3, -0.25) is 14.9 Å². The van der Waals surface area contributed by atoms with Gasteiger partial charge in [0.1, 0.15) is 11.3 Å². The molecule has 0 aliphatic rings. The largest absolute Gasteiger partial charge is 0.496 e. The molecule has 0 radical (unpaired) electrons. The number of methoxy groups -OCH3 is 1. The Kier molecular flexibility index (Phi) is 4.75. The van der Waals surface area contributed by atoms with Crippen LogP contribution in [0.2, 0.25) is 0 Å². The lowest BCUT2D eigenvalue weighted by Gasteiger charge is -2.31. The molecule has 0 fully saturated rings. The maximum Gasteiger partial charge on any atom is 0.329 e. The maximum atomic E-state index is 12.4. The first kappa shape index (κ1) is 17.4. The molecule has 0 saturated carbocycles. The maximum absolute atomic E-state index is 12.4. The van der Waals surface area contributed by atoms with Crippen molar-refractivity contribution in [3.63, 3.8) is 0 Å². The molecule has 22 heavy (non-hydrogen) atoms. The second kappa shape index (κ2) is 6.00. The Morgan fingerprint density at radius 3 is 2.32 bits per heavy atom. The SMILES string of the molecule is COc1cc(C(=O)N(C)C(C)(C)C(=O)O)cc([N+](=O)[O-])c1C. The summed E-state index contributed by atoms with van der Waals surface area (Å²) in [6, 6.07) is 2.48. The minimum Gasteiger partial charge on any atom is -0.496 e. The van der Waals surface area contributed by atoms with Crippen molar-refractivity contribution in [2.24, 2.45) is 0 Å². The zero-order chi connectivity index (χ0) is 17.2. The summed E-state index contributed by atoms with van der Waals surface area (Å²) in [5.41, 5.74) is -1.43. The summed E-state index contributed by atoms with van der Waals surface area (Å²) in [5.74, 6) is -1.63. The fourth-order valence-electron chi connectivity index (χ4n) is 1.79.